The van der Waals surface area contributed by atoms with E-state index in [1.54, 1.807) is 17.5 Å². The summed E-state index contributed by atoms with van der Waals surface area (Å²) in [4.78, 5) is 8.89. The van der Waals surface area contributed by atoms with Gasteiger partial charge in [0.2, 0.25) is 5.13 Å². The lowest BCUT2D eigenvalue weighted by Gasteiger charge is -2.34. The van der Waals surface area contributed by atoms with E-state index in [1.807, 2.05) is 25.1 Å². The normalized spacial score (nSPS) is 17.8. The molecule has 130 valence electrons. The van der Waals surface area contributed by atoms with Gasteiger partial charge in [0.05, 0.1) is 6.10 Å². The van der Waals surface area contributed by atoms with Gasteiger partial charge in [-0.3, -0.25) is 4.98 Å². The second-order valence-electron chi connectivity index (χ2n) is 6.58. The first-order valence-corrected chi connectivity index (χ1v) is 9.30. The average Bonchev–Trinajstić information content (AvgIpc) is 3.07. The molecule has 0 aromatic carbocycles. The SMILES string of the molecule is CC(O)CN1CCC(CN(C)c2nnc(-c3ccccn3)s2)CC1. The molecule has 24 heavy (non-hydrogen) atoms. The maximum Gasteiger partial charge on any atom is 0.208 e. The number of aliphatic hydroxyl groups is 1. The van der Waals surface area contributed by atoms with E-state index in [4.69, 9.17) is 0 Å². The minimum absolute atomic E-state index is 0.240. The highest BCUT2D eigenvalue weighted by atomic mass is 32.1. The molecule has 0 aliphatic carbocycles. The Kier molecular flexibility index (Phi) is 5.76. The molecule has 0 radical (unpaired) electrons. The van der Waals surface area contributed by atoms with Crippen molar-refractivity contribution in [3.63, 3.8) is 0 Å². The number of pyridine rings is 1. The highest BCUT2D eigenvalue weighted by Crippen LogP contribution is 2.28. The third kappa shape index (κ3) is 4.49. The van der Waals surface area contributed by atoms with Crippen LogP contribution < -0.4 is 4.90 Å². The fourth-order valence-electron chi connectivity index (χ4n) is 3.15. The van der Waals surface area contributed by atoms with E-state index in [0.717, 1.165) is 42.0 Å². The third-order valence-corrected chi connectivity index (χ3v) is 5.45. The van der Waals surface area contributed by atoms with Crippen LogP contribution in [0.1, 0.15) is 19.8 Å². The Hall–Kier alpha value is -1.57. The monoisotopic (exact) mass is 347 g/mol. The van der Waals surface area contributed by atoms with Crippen LogP contribution in [0.15, 0.2) is 24.4 Å². The topological polar surface area (TPSA) is 65.4 Å². The molecule has 2 aromatic heterocycles. The van der Waals surface area contributed by atoms with Gasteiger partial charge in [0, 0.05) is 26.3 Å². The fourth-order valence-corrected chi connectivity index (χ4v) is 3.95. The summed E-state index contributed by atoms with van der Waals surface area (Å²) >= 11 is 1.59. The maximum absolute atomic E-state index is 9.49. The molecule has 6 nitrogen and oxygen atoms in total. The fraction of sp³-hybridized carbons (Fsp3) is 0.588. The first-order chi connectivity index (χ1) is 11.6. The van der Waals surface area contributed by atoms with Crippen LogP contribution in [0.5, 0.6) is 0 Å². The van der Waals surface area contributed by atoms with Crippen molar-refractivity contribution in [3.8, 4) is 10.7 Å². The zero-order valence-electron chi connectivity index (χ0n) is 14.3. The van der Waals surface area contributed by atoms with E-state index in [2.05, 4.69) is 32.0 Å². The van der Waals surface area contributed by atoms with E-state index in [-0.39, 0.29) is 6.10 Å². The summed E-state index contributed by atoms with van der Waals surface area (Å²) in [6.45, 7) is 5.78. The minimum Gasteiger partial charge on any atom is -0.392 e. The van der Waals surface area contributed by atoms with Gasteiger partial charge in [0.25, 0.3) is 0 Å². The van der Waals surface area contributed by atoms with Crippen LogP contribution in [0.4, 0.5) is 5.13 Å². The van der Waals surface area contributed by atoms with E-state index in [9.17, 15) is 5.11 Å². The van der Waals surface area contributed by atoms with Crippen molar-refractivity contribution >= 4 is 16.5 Å². The Labute approximate surface area is 147 Å². The molecule has 2 aromatic rings. The Bertz CT molecular complexity index is 625. The van der Waals surface area contributed by atoms with Crippen LogP contribution >= 0.6 is 11.3 Å². The van der Waals surface area contributed by atoms with Crippen LogP contribution in [0, 0.1) is 5.92 Å². The molecule has 1 unspecified atom stereocenters. The molecule has 0 amide bonds. The maximum atomic E-state index is 9.49. The van der Waals surface area contributed by atoms with Gasteiger partial charge in [0.15, 0.2) is 5.01 Å². The van der Waals surface area contributed by atoms with E-state index < -0.39 is 0 Å². The van der Waals surface area contributed by atoms with Gasteiger partial charge in [-0.2, -0.15) is 0 Å². The summed E-state index contributed by atoms with van der Waals surface area (Å²) in [6.07, 6.45) is 3.88. The number of rotatable bonds is 6. The van der Waals surface area contributed by atoms with Crippen molar-refractivity contribution in [2.24, 2.45) is 5.92 Å². The number of hydrogen-bond donors (Lipinski definition) is 1. The number of β-amino-alcohol motifs (C(OH)–C–C–N with tert-alkyl or cyclic N) is 1. The molecule has 0 spiro atoms. The lowest BCUT2D eigenvalue weighted by atomic mass is 9.96. The molecule has 1 atom stereocenters. The van der Waals surface area contributed by atoms with Crippen LogP contribution in [-0.2, 0) is 0 Å². The molecule has 1 fully saturated rings. The largest absolute Gasteiger partial charge is 0.392 e. The Morgan fingerprint density at radius 1 is 1.33 bits per heavy atom. The standard InChI is InChI=1S/C17H25N5OS/c1-13(23)11-22-9-6-14(7-10-22)12-21(2)17-20-19-16(24-17)15-5-3-4-8-18-15/h3-5,8,13-14,23H,6-7,9-12H2,1-2H3. The molecule has 0 bridgehead atoms. The summed E-state index contributed by atoms with van der Waals surface area (Å²) in [5, 5.41) is 19.9. The number of likely N-dealkylation sites (tertiary alicyclic amines) is 1. The van der Waals surface area contributed by atoms with Crippen molar-refractivity contribution in [2.75, 3.05) is 38.1 Å². The zero-order chi connectivity index (χ0) is 16.9. The quantitative estimate of drug-likeness (QED) is 0.863. The summed E-state index contributed by atoms with van der Waals surface area (Å²) in [7, 11) is 2.09. The molecule has 0 saturated carbocycles. The third-order valence-electron chi connectivity index (χ3n) is 4.39. The summed E-state index contributed by atoms with van der Waals surface area (Å²) < 4.78 is 0. The van der Waals surface area contributed by atoms with Crippen molar-refractivity contribution < 1.29 is 5.11 Å². The molecular formula is C17H25N5OS. The van der Waals surface area contributed by atoms with E-state index >= 15 is 0 Å². The van der Waals surface area contributed by atoms with Crippen LogP contribution in [0.25, 0.3) is 10.7 Å². The van der Waals surface area contributed by atoms with Gasteiger partial charge < -0.3 is 14.9 Å². The minimum atomic E-state index is -0.240. The second-order valence-corrected chi connectivity index (χ2v) is 7.53. The molecule has 1 N–H and O–H groups in total. The summed E-state index contributed by atoms with van der Waals surface area (Å²) in [5.74, 6) is 0.669. The molecule has 1 aliphatic rings. The first kappa shape index (κ1) is 17.3. The Morgan fingerprint density at radius 2 is 2.12 bits per heavy atom. The molecular weight excluding hydrogens is 322 g/mol. The van der Waals surface area contributed by atoms with Crippen molar-refractivity contribution in [1.29, 1.82) is 0 Å². The lowest BCUT2D eigenvalue weighted by Crippen LogP contribution is -2.40. The molecule has 1 saturated heterocycles. The molecule has 1 aliphatic heterocycles. The second kappa shape index (κ2) is 8.00. The first-order valence-electron chi connectivity index (χ1n) is 8.48. The summed E-state index contributed by atoms with van der Waals surface area (Å²) in [6, 6.07) is 5.83. The van der Waals surface area contributed by atoms with Crippen molar-refractivity contribution in [3.05, 3.63) is 24.4 Å². The smallest absolute Gasteiger partial charge is 0.208 e. The van der Waals surface area contributed by atoms with E-state index in [0.29, 0.717) is 5.92 Å². The predicted octanol–water partition coefficient (Wildman–Crippen LogP) is 2.13. The van der Waals surface area contributed by atoms with Gasteiger partial charge in [-0.15, -0.1) is 10.2 Å². The van der Waals surface area contributed by atoms with Crippen LogP contribution in [0.2, 0.25) is 0 Å². The average molecular weight is 347 g/mol. The van der Waals surface area contributed by atoms with Crippen molar-refractivity contribution in [2.45, 2.75) is 25.9 Å². The van der Waals surface area contributed by atoms with Gasteiger partial charge in [-0.05, 0) is 50.9 Å². The highest BCUT2D eigenvalue weighted by Gasteiger charge is 2.22. The lowest BCUT2D eigenvalue weighted by molar-refractivity contribution is 0.101. The summed E-state index contributed by atoms with van der Waals surface area (Å²) in [5.41, 5.74) is 0.876. The van der Waals surface area contributed by atoms with Gasteiger partial charge in [0.1, 0.15) is 5.69 Å². The van der Waals surface area contributed by atoms with Crippen LogP contribution in [-0.4, -0.2) is 64.5 Å². The van der Waals surface area contributed by atoms with Gasteiger partial charge >= 0.3 is 0 Å². The Balaban J connectivity index is 1.53. The highest BCUT2D eigenvalue weighted by molar-refractivity contribution is 7.18. The predicted molar refractivity (Wildman–Crippen MR) is 97.3 cm³/mol. The molecule has 7 heteroatoms. The number of anilines is 1. The number of hydrogen-bond acceptors (Lipinski definition) is 7. The van der Waals surface area contributed by atoms with Gasteiger partial charge in [-0.25, -0.2) is 0 Å². The molecule has 3 rings (SSSR count). The van der Waals surface area contributed by atoms with Crippen LogP contribution in [0.3, 0.4) is 0 Å². The Morgan fingerprint density at radius 3 is 2.79 bits per heavy atom. The number of nitrogens with zero attached hydrogens (tertiary/aromatic N) is 5. The number of aromatic nitrogens is 3. The number of aliphatic hydroxyl groups excluding tert-OH is 1. The van der Waals surface area contributed by atoms with Gasteiger partial charge in [-0.1, -0.05) is 17.4 Å². The van der Waals surface area contributed by atoms with E-state index in [1.165, 1.54) is 12.8 Å². The zero-order valence-corrected chi connectivity index (χ0v) is 15.1. The van der Waals surface area contributed by atoms with Crippen molar-refractivity contribution in [1.82, 2.24) is 20.1 Å². The molecule has 3 heterocycles. The number of piperidine rings is 1.